The number of benzene rings is 12. The fraction of sp³-hybridized carbons (Fsp3) is 0. The largest absolute Gasteiger partial charge is 0.506 e. The lowest BCUT2D eigenvalue weighted by Gasteiger charge is -2.22. The molecule has 0 aliphatic heterocycles. The average Bonchev–Trinajstić information content (AvgIpc) is 3.66. The fourth-order valence-corrected chi connectivity index (χ4v) is 10.1. The van der Waals surface area contributed by atoms with Crippen molar-refractivity contribution in [2.75, 3.05) is 0 Å². The minimum Gasteiger partial charge on any atom is -0.506 e. The van der Waals surface area contributed by atoms with E-state index >= 15 is 0 Å². The number of phenols is 3. The van der Waals surface area contributed by atoms with Gasteiger partial charge in [-0.15, -0.1) is 0 Å². The summed E-state index contributed by atoms with van der Waals surface area (Å²) in [5, 5.41) is 55.0. The van der Waals surface area contributed by atoms with Crippen LogP contribution in [0.5, 0.6) is 17.2 Å². The topological polar surface area (TPSA) is 73.8 Å². The van der Waals surface area contributed by atoms with Gasteiger partial charge in [-0.05, 0) is 93.3 Å². The van der Waals surface area contributed by atoms with Gasteiger partial charge in [0.15, 0.2) is 0 Å². The molecule has 4 heteroatoms. The van der Waals surface area contributed by atoms with Gasteiger partial charge >= 0.3 is 0 Å². The molecule has 1 heterocycles. The number of hydrogen-bond acceptors (Lipinski definition) is 4. The van der Waals surface area contributed by atoms with Crippen molar-refractivity contribution in [2.45, 2.75) is 0 Å². The summed E-state index contributed by atoms with van der Waals surface area (Å²) in [6.45, 7) is 0. The van der Waals surface area contributed by atoms with E-state index in [9.17, 15) is 15.3 Å². The Morgan fingerprint density at radius 1 is 0.276 bits per heavy atom. The smallest absolute Gasteiger partial charge is 0.143 e. The molecule has 13 aromatic rings. The summed E-state index contributed by atoms with van der Waals surface area (Å²) in [5.41, 5.74) is 4.01. The highest BCUT2D eigenvalue weighted by Crippen LogP contribution is 2.59. The van der Waals surface area contributed by atoms with E-state index in [-0.39, 0.29) is 33.9 Å². The Morgan fingerprint density at radius 3 is 1.26 bits per heavy atom. The van der Waals surface area contributed by atoms with Crippen LogP contribution in [-0.2, 0) is 0 Å². The van der Waals surface area contributed by atoms with E-state index in [0.29, 0.717) is 22.3 Å². The van der Waals surface area contributed by atoms with Crippen molar-refractivity contribution in [2.24, 2.45) is 0 Å². The van der Waals surface area contributed by atoms with Gasteiger partial charge in [0.1, 0.15) is 28.4 Å². The van der Waals surface area contributed by atoms with Crippen LogP contribution < -0.4 is 0 Å². The van der Waals surface area contributed by atoms with E-state index in [2.05, 4.69) is 109 Å². The number of hydrogen-bond donors (Lipinski definition) is 3. The molecule has 0 bridgehead atoms. The van der Waals surface area contributed by atoms with E-state index in [1.54, 1.807) is 0 Å². The first-order chi connectivity index (χ1) is 28.5. The molecule has 3 N–H and O–H groups in total. The summed E-state index contributed by atoms with van der Waals surface area (Å²) in [6.07, 6.45) is 0. The van der Waals surface area contributed by atoms with Crippen molar-refractivity contribution < 1.29 is 19.7 Å². The second kappa shape index (κ2) is 11.2. The molecule has 58 heavy (non-hydrogen) atoms. The molecular weight excluding hydrogens is 713 g/mol. The number of phenolic OH excluding ortho intramolecular Hbond substituents is 3. The van der Waals surface area contributed by atoms with Crippen LogP contribution in [0.2, 0.25) is 0 Å². The van der Waals surface area contributed by atoms with Gasteiger partial charge in [0, 0.05) is 21.7 Å². The lowest BCUT2D eigenvalue weighted by atomic mass is 9.83. The Morgan fingerprint density at radius 2 is 0.690 bits per heavy atom. The number of furan rings is 1. The standard InChI is InChI=1S/C54H30O4/c55-51-48(38-25-21-33-16-14-29-7-3-9-31-19-23-36(38)45(33)43(29)31)52(56)50(40-12-5-13-42-47(40)41-27-18-28-6-1-2-11-35(28)54(41)58-42)53(57)49(51)39-26-22-34-17-15-30-8-4-10-32-20-24-37(39)46(34)44(30)32/h1-27,55-57H. The molecular formula is C54H30O4. The third-order valence-electron chi connectivity index (χ3n) is 12.7. The van der Waals surface area contributed by atoms with Gasteiger partial charge in [-0.1, -0.05) is 152 Å². The third kappa shape index (κ3) is 3.98. The van der Waals surface area contributed by atoms with Crippen molar-refractivity contribution >= 4 is 97.3 Å². The maximum atomic E-state index is 12.9. The summed E-state index contributed by atoms with van der Waals surface area (Å²) >= 11 is 0. The van der Waals surface area contributed by atoms with Gasteiger partial charge < -0.3 is 19.7 Å². The Bertz CT molecular complexity index is 3680. The zero-order chi connectivity index (χ0) is 38.4. The normalized spacial score (nSPS) is 12.3. The van der Waals surface area contributed by atoms with Crippen LogP contribution in [-0.4, -0.2) is 15.3 Å². The first kappa shape index (κ1) is 31.4. The Hall–Kier alpha value is -7.82. The van der Waals surface area contributed by atoms with Gasteiger partial charge in [0.2, 0.25) is 0 Å². The highest BCUT2D eigenvalue weighted by atomic mass is 16.3. The number of fused-ring (bicyclic) bond motifs is 5. The molecule has 270 valence electrons. The maximum Gasteiger partial charge on any atom is 0.143 e. The molecule has 13 rings (SSSR count). The summed E-state index contributed by atoms with van der Waals surface area (Å²) in [4.78, 5) is 0. The molecule has 0 aliphatic carbocycles. The van der Waals surface area contributed by atoms with E-state index < -0.39 is 0 Å². The average molecular weight is 743 g/mol. The predicted molar refractivity (Wildman–Crippen MR) is 240 cm³/mol. The van der Waals surface area contributed by atoms with E-state index in [1.165, 1.54) is 0 Å². The van der Waals surface area contributed by atoms with Crippen LogP contribution in [0.4, 0.5) is 0 Å². The van der Waals surface area contributed by atoms with Crippen molar-refractivity contribution in [1.82, 2.24) is 0 Å². The number of aromatic hydroxyl groups is 3. The summed E-state index contributed by atoms with van der Waals surface area (Å²) in [6, 6.07) is 55.5. The lowest BCUT2D eigenvalue weighted by Crippen LogP contribution is -1.95. The van der Waals surface area contributed by atoms with Crippen LogP contribution >= 0.6 is 0 Å². The summed E-state index contributed by atoms with van der Waals surface area (Å²) < 4.78 is 6.59. The van der Waals surface area contributed by atoms with Gasteiger partial charge in [0.05, 0.1) is 16.7 Å². The second-order valence-corrected chi connectivity index (χ2v) is 15.6. The minimum atomic E-state index is -0.214. The molecule has 0 fully saturated rings. The third-order valence-corrected chi connectivity index (χ3v) is 12.7. The van der Waals surface area contributed by atoms with Gasteiger partial charge in [0.25, 0.3) is 0 Å². The Kier molecular flexibility index (Phi) is 6.04. The van der Waals surface area contributed by atoms with Gasteiger partial charge in [-0.25, -0.2) is 0 Å². The molecule has 0 atom stereocenters. The molecule has 0 unspecified atom stereocenters. The van der Waals surface area contributed by atoms with Crippen molar-refractivity contribution in [3.8, 4) is 50.6 Å². The first-order valence-electron chi connectivity index (χ1n) is 19.5. The molecule has 0 saturated carbocycles. The zero-order valence-electron chi connectivity index (χ0n) is 30.8. The van der Waals surface area contributed by atoms with Crippen LogP contribution in [0, 0.1) is 0 Å². The van der Waals surface area contributed by atoms with Crippen LogP contribution in [0.25, 0.3) is 131 Å². The molecule has 0 radical (unpaired) electrons. The van der Waals surface area contributed by atoms with Crippen LogP contribution in [0.15, 0.2) is 168 Å². The zero-order valence-corrected chi connectivity index (χ0v) is 30.8. The molecule has 1 aromatic heterocycles. The summed E-state index contributed by atoms with van der Waals surface area (Å²) in [5.74, 6) is -0.623. The number of rotatable bonds is 3. The van der Waals surface area contributed by atoms with Crippen molar-refractivity contribution in [1.29, 1.82) is 0 Å². The molecule has 0 aliphatic rings. The molecule has 4 nitrogen and oxygen atoms in total. The highest BCUT2D eigenvalue weighted by molar-refractivity contribution is 6.29. The molecule has 12 aromatic carbocycles. The monoisotopic (exact) mass is 742 g/mol. The van der Waals surface area contributed by atoms with Crippen LogP contribution in [0.3, 0.4) is 0 Å². The minimum absolute atomic E-state index is 0.195. The first-order valence-corrected chi connectivity index (χ1v) is 19.5. The fourth-order valence-electron chi connectivity index (χ4n) is 10.1. The van der Waals surface area contributed by atoms with Crippen LogP contribution in [0.1, 0.15) is 0 Å². The SMILES string of the molecule is Oc1c(-c2ccc3ccc4cccc5ccc2c3c45)c(O)c(-c2cccc3oc4c5ccccc5ccc4c23)c(O)c1-c1ccc2ccc3cccc4ccc1c2c34. The Balaban J connectivity index is 1.20. The Labute approximate surface area is 330 Å². The van der Waals surface area contributed by atoms with Gasteiger partial charge in [-0.2, -0.15) is 0 Å². The quantitative estimate of drug-likeness (QED) is 0.158. The molecule has 0 saturated heterocycles. The summed E-state index contributed by atoms with van der Waals surface area (Å²) in [7, 11) is 0. The van der Waals surface area contributed by atoms with Crippen molar-refractivity contribution in [3.63, 3.8) is 0 Å². The predicted octanol–water partition coefficient (Wildman–Crippen LogP) is 14.7. The van der Waals surface area contributed by atoms with E-state index in [1.807, 2.05) is 54.6 Å². The van der Waals surface area contributed by atoms with Gasteiger partial charge in [-0.3, -0.25) is 0 Å². The lowest BCUT2D eigenvalue weighted by molar-refractivity contribution is 0.436. The highest BCUT2D eigenvalue weighted by Gasteiger charge is 2.31. The second-order valence-electron chi connectivity index (χ2n) is 15.6. The molecule has 0 amide bonds. The maximum absolute atomic E-state index is 12.9. The van der Waals surface area contributed by atoms with E-state index in [4.69, 9.17) is 4.42 Å². The molecule has 0 spiro atoms. The van der Waals surface area contributed by atoms with E-state index in [0.717, 1.165) is 91.8 Å². The van der Waals surface area contributed by atoms with Crippen molar-refractivity contribution in [3.05, 3.63) is 164 Å².